The van der Waals surface area contributed by atoms with E-state index in [1.165, 1.54) is 31.2 Å². The minimum absolute atomic E-state index is 0.245. The van der Waals surface area contributed by atoms with E-state index in [-0.39, 0.29) is 21.9 Å². The van der Waals surface area contributed by atoms with Crippen LogP contribution in [0.1, 0.15) is 28.9 Å². The number of nitrogens with zero attached hydrogens (tertiary/aromatic N) is 1. The SMILES string of the molecule is CC(=O)c1cc(C(O)C(O)C#N)ccc1Cl. The van der Waals surface area contributed by atoms with Gasteiger partial charge in [0.15, 0.2) is 11.9 Å². The Hall–Kier alpha value is -1.41. The molecule has 84 valence electrons. The zero-order valence-corrected chi connectivity index (χ0v) is 9.27. The van der Waals surface area contributed by atoms with E-state index in [9.17, 15) is 9.90 Å². The molecule has 0 spiro atoms. The van der Waals surface area contributed by atoms with Gasteiger partial charge in [-0.05, 0) is 24.6 Å². The Bertz CT molecular complexity index is 453. The first kappa shape index (κ1) is 12.7. The summed E-state index contributed by atoms with van der Waals surface area (Å²) in [4.78, 5) is 11.2. The van der Waals surface area contributed by atoms with Crippen molar-refractivity contribution in [3.63, 3.8) is 0 Å². The minimum Gasteiger partial charge on any atom is -0.385 e. The molecule has 0 amide bonds. The fourth-order valence-corrected chi connectivity index (χ4v) is 1.50. The standard InChI is InChI=1S/C11H10ClNO3/c1-6(14)8-4-7(2-3-9(8)12)11(16)10(15)5-13/h2-4,10-11,15-16H,1H3. The lowest BCUT2D eigenvalue weighted by molar-refractivity contribution is 0.0527. The number of carbonyl (C=O) groups is 1. The molecule has 4 nitrogen and oxygen atoms in total. The van der Waals surface area contributed by atoms with E-state index < -0.39 is 12.2 Å². The van der Waals surface area contributed by atoms with E-state index in [1.807, 2.05) is 0 Å². The predicted octanol–water partition coefficient (Wildman–Crippen LogP) is 1.46. The molecule has 0 aliphatic rings. The number of benzene rings is 1. The second-order valence-electron chi connectivity index (χ2n) is 3.31. The molecule has 16 heavy (non-hydrogen) atoms. The third-order valence-corrected chi connectivity index (χ3v) is 2.47. The predicted molar refractivity (Wildman–Crippen MR) is 58.0 cm³/mol. The molecule has 2 unspecified atom stereocenters. The van der Waals surface area contributed by atoms with Crippen molar-refractivity contribution in [2.45, 2.75) is 19.1 Å². The average molecular weight is 240 g/mol. The van der Waals surface area contributed by atoms with Crippen molar-refractivity contribution in [2.24, 2.45) is 0 Å². The maximum absolute atomic E-state index is 11.2. The second-order valence-corrected chi connectivity index (χ2v) is 3.72. The molecule has 1 aromatic rings. The second kappa shape index (κ2) is 5.08. The van der Waals surface area contributed by atoms with Gasteiger partial charge in [0.2, 0.25) is 0 Å². The highest BCUT2D eigenvalue weighted by molar-refractivity contribution is 6.33. The Labute approximate surface area is 97.7 Å². The third kappa shape index (κ3) is 2.58. The highest BCUT2D eigenvalue weighted by atomic mass is 35.5. The molecule has 5 heteroatoms. The summed E-state index contributed by atoms with van der Waals surface area (Å²) in [5, 5.41) is 27.4. The summed E-state index contributed by atoms with van der Waals surface area (Å²) in [7, 11) is 0. The van der Waals surface area contributed by atoms with E-state index in [4.69, 9.17) is 22.0 Å². The van der Waals surface area contributed by atoms with Crippen LogP contribution in [0.3, 0.4) is 0 Å². The van der Waals surface area contributed by atoms with E-state index in [2.05, 4.69) is 0 Å². The third-order valence-electron chi connectivity index (χ3n) is 2.14. The van der Waals surface area contributed by atoms with Crippen LogP contribution in [0.2, 0.25) is 5.02 Å². The Morgan fingerprint density at radius 2 is 2.12 bits per heavy atom. The molecule has 2 N–H and O–H groups in total. The highest BCUT2D eigenvalue weighted by Crippen LogP contribution is 2.23. The van der Waals surface area contributed by atoms with Gasteiger partial charge < -0.3 is 10.2 Å². The summed E-state index contributed by atoms with van der Waals surface area (Å²) in [6, 6.07) is 5.79. The largest absolute Gasteiger partial charge is 0.385 e. The summed E-state index contributed by atoms with van der Waals surface area (Å²) < 4.78 is 0. The van der Waals surface area contributed by atoms with Crippen molar-refractivity contribution in [1.29, 1.82) is 5.26 Å². The summed E-state index contributed by atoms with van der Waals surface area (Å²) in [5.41, 5.74) is 0.534. The number of ketones is 1. The van der Waals surface area contributed by atoms with Crippen molar-refractivity contribution in [2.75, 3.05) is 0 Å². The Morgan fingerprint density at radius 1 is 1.50 bits per heavy atom. The summed E-state index contributed by atoms with van der Waals surface area (Å²) in [5.74, 6) is -0.245. The summed E-state index contributed by atoms with van der Waals surface area (Å²) in [6.45, 7) is 1.35. The van der Waals surface area contributed by atoms with Gasteiger partial charge >= 0.3 is 0 Å². The number of carbonyl (C=O) groups excluding carboxylic acids is 1. The monoisotopic (exact) mass is 239 g/mol. The fraction of sp³-hybridized carbons (Fsp3) is 0.273. The van der Waals surface area contributed by atoms with Gasteiger partial charge in [-0.1, -0.05) is 17.7 Å². The first-order valence-electron chi connectivity index (χ1n) is 4.53. The summed E-state index contributed by atoms with van der Waals surface area (Å²) >= 11 is 5.78. The first-order chi connectivity index (χ1) is 7.47. The van der Waals surface area contributed by atoms with E-state index >= 15 is 0 Å². The van der Waals surface area contributed by atoms with Crippen LogP contribution in [0.25, 0.3) is 0 Å². The van der Waals surface area contributed by atoms with Crippen molar-refractivity contribution in [1.82, 2.24) is 0 Å². The molecular formula is C11H10ClNO3. The molecule has 0 aliphatic heterocycles. The highest BCUT2D eigenvalue weighted by Gasteiger charge is 2.19. The van der Waals surface area contributed by atoms with Gasteiger partial charge in [-0.25, -0.2) is 0 Å². The number of nitriles is 1. The molecule has 0 aliphatic carbocycles. The van der Waals surface area contributed by atoms with Gasteiger partial charge in [-0.3, -0.25) is 4.79 Å². The van der Waals surface area contributed by atoms with Crippen LogP contribution < -0.4 is 0 Å². The molecule has 0 aromatic heterocycles. The van der Waals surface area contributed by atoms with Gasteiger partial charge in [0, 0.05) is 5.56 Å². The maximum atomic E-state index is 11.2. The Balaban J connectivity index is 3.13. The van der Waals surface area contributed by atoms with Crippen LogP contribution in [-0.4, -0.2) is 22.1 Å². The van der Waals surface area contributed by atoms with Gasteiger partial charge in [0.05, 0.1) is 11.1 Å². The van der Waals surface area contributed by atoms with Crippen LogP contribution in [0, 0.1) is 11.3 Å². The first-order valence-corrected chi connectivity index (χ1v) is 4.91. The van der Waals surface area contributed by atoms with E-state index in [0.29, 0.717) is 0 Å². The van der Waals surface area contributed by atoms with Gasteiger partial charge in [-0.2, -0.15) is 5.26 Å². The normalized spacial score (nSPS) is 13.9. The van der Waals surface area contributed by atoms with Crippen LogP contribution in [-0.2, 0) is 0 Å². The quantitative estimate of drug-likeness (QED) is 0.618. The molecule has 0 radical (unpaired) electrons. The van der Waals surface area contributed by atoms with Crippen LogP contribution >= 0.6 is 11.6 Å². The van der Waals surface area contributed by atoms with Crippen molar-refractivity contribution >= 4 is 17.4 Å². The van der Waals surface area contributed by atoms with Gasteiger partial charge in [0.25, 0.3) is 0 Å². The summed E-state index contributed by atoms with van der Waals surface area (Å²) in [6.07, 6.45) is -2.87. The van der Waals surface area contributed by atoms with Gasteiger partial charge in [-0.15, -0.1) is 0 Å². The van der Waals surface area contributed by atoms with Crippen molar-refractivity contribution in [3.8, 4) is 6.07 Å². The van der Waals surface area contributed by atoms with E-state index in [1.54, 1.807) is 0 Å². The Morgan fingerprint density at radius 3 is 2.62 bits per heavy atom. The van der Waals surface area contributed by atoms with Crippen molar-refractivity contribution in [3.05, 3.63) is 34.3 Å². The number of hydrogen-bond donors (Lipinski definition) is 2. The number of aliphatic hydroxyl groups excluding tert-OH is 2. The molecule has 1 rings (SSSR count). The van der Waals surface area contributed by atoms with Crippen LogP contribution in [0.5, 0.6) is 0 Å². The number of rotatable bonds is 3. The molecule has 0 bridgehead atoms. The lowest BCUT2D eigenvalue weighted by atomic mass is 10.0. The molecule has 0 saturated carbocycles. The molecule has 0 saturated heterocycles. The lowest BCUT2D eigenvalue weighted by Crippen LogP contribution is -2.16. The van der Waals surface area contributed by atoms with Gasteiger partial charge in [0.1, 0.15) is 6.10 Å². The topological polar surface area (TPSA) is 81.3 Å². The lowest BCUT2D eigenvalue weighted by Gasteiger charge is -2.13. The number of aliphatic hydroxyl groups is 2. The smallest absolute Gasteiger partial charge is 0.170 e. The van der Waals surface area contributed by atoms with Crippen LogP contribution in [0.4, 0.5) is 0 Å². The fourth-order valence-electron chi connectivity index (χ4n) is 1.25. The van der Waals surface area contributed by atoms with Crippen molar-refractivity contribution < 1.29 is 15.0 Å². The van der Waals surface area contributed by atoms with Crippen LogP contribution in [0.15, 0.2) is 18.2 Å². The molecule has 0 heterocycles. The number of Topliss-reactive ketones (excluding diaryl/α,β-unsaturated/α-hetero) is 1. The van der Waals surface area contributed by atoms with E-state index in [0.717, 1.165) is 0 Å². The molecule has 0 fully saturated rings. The average Bonchev–Trinajstić information content (AvgIpc) is 2.27. The number of halogens is 1. The zero-order valence-electron chi connectivity index (χ0n) is 8.51. The molecule has 2 atom stereocenters. The maximum Gasteiger partial charge on any atom is 0.170 e. The Kier molecular flexibility index (Phi) is 4.02. The minimum atomic E-state index is -1.53. The zero-order chi connectivity index (χ0) is 12.3. The molecular weight excluding hydrogens is 230 g/mol. The molecule has 1 aromatic carbocycles. The number of hydrogen-bond acceptors (Lipinski definition) is 4.